The minimum absolute atomic E-state index is 0.116. The molecule has 160 valence electrons. The molecule has 2 amide bonds. The molecule has 3 atom stereocenters. The summed E-state index contributed by atoms with van der Waals surface area (Å²) in [6.45, 7) is 8.81. The third kappa shape index (κ3) is 6.21. The van der Waals surface area contributed by atoms with E-state index in [0.29, 0.717) is 44.2 Å². The summed E-state index contributed by atoms with van der Waals surface area (Å²) in [5.74, 6) is 0.889. The molecule has 0 unspecified atom stereocenters. The number of amides is 2. The van der Waals surface area contributed by atoms with Crippen molar-refractivity contribution >= 4 is 11.8 Å². The average Bonchev–Trinajstić information content (AvgIpc) is 3.08. The lowest BCUT2D eigenvalue weighted by Gasteiger charge is -2.38. The predicted octanol–water partition coefficient (Wildman–Crippen LogP) is 2.05. The van der Waals surface area contributed by atoms with Crippen LogP contribution in [-0.2, 0) is 19.1 Å². The van der Waals surface area contributed by atoms with Crippen molar-refractivity contribution in [3.05, 3.63) is 11.8 Å². The van der Waals surface area contributed by atoms with E-state index in [1.165, 1.54) is 0 Å². The number of carbonyl (C=O) groups excluding carboxylic acids is 2. The number of likely N-dealkylation sites (tertiary alicyclic amines) is 1. The normalized spacial score (nSPS) is 25.0. The van der Waals surface area contributed by atoms with E-state index < -0.39 is 6.29 Å². The summed E-state index contributed by atoms with van der Waals surface area (Å²) < 4.78 is 11.7. The zero-order valence-electron chi connectivity index (χ0n) is 17.5. The molecule has 0 radical (unpaired) electrons. The molecule has 2 N–H and O–H groups in total. The van der Waals surface area contributed by atoms with Crippen molar-refractivity contribution in [2.75, 3.05) is 32.8 Å². The molecule has 1 saturated heterocycles. The maximum absolute atomic E-state index is 12.6. The van der Waals surface area contributed by atoms with Gasteiger partial charge in [0.25, 0.3) is 5.91 Å². The highest BCUT2D eigenvalue weighted by Gasteiger charge is 2.38. The highest BCUT2D eigenvalue weighted by atomic mass is 16.7. The zero-order valence-corrected chi connectivity index (χ0v) is 17.5. The number of hydrogen-bond donors (Lipinski definition) is 2. The van der Waals surface area contributed by atoms with Crippen molar-refractivity contribution in [2.24, 2.45) is 17.8 Å². The molecular formula is C21H36N2O5. The maximum atomic E-state index is 12.6. The van der Waals surface area contributed by atoms with E-state index in [-0.39, 0.29) is 30.3 Å². The van der Waals surface area contributed by atoms with Gasteiger partial charge in [-0.05, 0) is 50.5 Å². The van der Waals surface area contributed by atoms with Crippen LogP contribution in [0.5, 0.6) is 0 Å². The Morgan fingerprint density at radius 1 is 1.43 bits per heavy atom. The summed E-state index contributed by atoms with van der Waals surface area (Å²) in [7, 11) is 0. The number of rotatable bonds is 11. The fourth-order valence-corrected chi connectivity index (χ4v) is 4.02. The number of carbonyl (C=O) groups is 2. The fraction of sp³-hybridized carbons (Fsp3) is 0.810. The molecule has 0 aromatic rings. The second-order valence-corrected chi connectivity index (χ2v) is 7.92. The number of allylic oxidation sites excluding steroid dienone is 1. The standard InChI is InChI=1S/C21H36N2O5/c1-4-27-21-16(8-6-13-24)17(15(2)3)14-18(28-21)20(26)22-10-7-12-23-11-5-9-19(23)25/h14-17,21,24H,4-13H2,1-3H3,(H,22,26)/t16-,17-,21-/m1/s1. The van der Waals surface area contributed by atoms with Gasteiger partial charge in [-0.1, -0.05) is 13.8 Å². The highest BCUT2D eigenvalue weighted by molar-refractivity contribution is 5.91. The first kappa shape index (κ1) is 22.7. The van der Waals surface area contributed by atoms with Crippen LogP contribution in [0.3, 0.4) is 0 Å². The van der Waals surface area contributed by atoms with Crippen molar-refractivity contribution in [1.82, 2.24) is 10.2 Å². The average molecular weight is 397 g/mol. The van der Waals surface area contributed by atoms with Crippen LogP contribution < -0.4 is 5.32 Å². The summed E-state index contributed by atoms with van der Waals surface area (Å²) in [5, 5.41) is 12.1. The van der Waals surface area contributed by atoms with Gasteiger partial charge in [-0.2, -0.15) is 0 Å². The second-order valence-electron chi connectivity index (χ2n) is 7.92. The van der Waals surface area contributed by atoms with Gasteiger partial charge in [0, 0.05) is 45.2 Å². The van der Waals surface area contributed by atoms with Gasteiger partial charge >= 0.3 is 0 Å². The quantitative estimate of drug-likeness (QED) is 0.522. The molecule has 2 rings (SSSR count). The Bertz CT molecular complexity index is 549. The lowest BCUT2D eigenvalue weighted by molar-refractivity contribution is -0.175. The number of aliphatic hydroxyl groups excluding tert-OH is 1. The van der Waals surface area contributed by atoms with Crippen LogP contribution in [0.2, 0.25) is 0 Å². The van der Waals surface area contributed by atoms with E-state index in [2.05, 4.69) is 19.2 Å². The van der Waals surface area contributed by atoms with E-state index >= 15 is 0 Å². The largest absolute Gasteiger partial charge is 0.459 e. The number of ether oxygens (including phenoxy) is 2. The zero-order chi connectivity index (χ0) is 20.5. The molecule has 2 heterocycles. The smallest absolute Gasteiger partial charge is 0.286 e. The topological polar surface area (TPSA) is 88.1 Å². The summed E-state index contributed by atoms with van der Waals surface area (Å²) in [6, 6.07) is 0. The first-order chi connectivity index (χ1) is 13.5. The summed E-state index contributed by atoms with van der Waals surface area (Å²) in [4.78, 5) is 26.1. The maximum Gasteiger partial charge on any atom is 0.286 e. The van der Waals surface area contributed by atoms with Gasteiger partial charge in [0.05, 0.1) is 0 Å². The van der Waals surface area contributed by atoms with Crippen LogP contribution in [-0.4, -0.2) is 61.0 Å². The minimum atomic E-state index is -0.475. The molecule has 2 aliphatic rings. The Labute approximate surface area is 168 Å². The summed E-state index contributed by atoms with van der Waals surface area (Å²) in [6.07, 6.45) is 5.22. The third-order valence-corrected chi connectivity index (χ3v) is 5.51. The molecule has 0 saturated carbocycles. The lowest BCUT2D eigenvalue weighted by Crippen LogP contribution is -2.41. The van der Waals surface area contributed by atoms with E-state index in [1.807, 2.05) is 17.9 Å². The highest BCUT2D eigenvalue weighted by Crippen LogP contribution is 2.36. The second kappa shape index (κ2) is 11.4. The monoisotopic (exact) mass is 396 g/mol. The van der Waals surface area contributed by atoms with Gasteiger partial charge in [-0.15, -0.1) is 0 Å². The first-order valence-corrected chi connectivity index (χ1v) is 10.6. The van der Waals surface area contributed by atoms with Crippen molar-refractivity contribution in [3.63, 3.8) is 0 Å². The molecule has 7 nitrogen and oxygen atoms in total. The van der Waals surface area contributed by atoms with Crippen LogP contribution in [0.15, 0.2) is 11.8 Å². The van der Waals surface area contributed by atoms with Gasteiger partial charge in [0.2, 0.25) is 12.2 Å². The number of hydrogen-bond acceptors (Lipinski definition) is 5. The van der Waals surface area contributed by atoms with Crippen LogP contribution in [0.25, 0.3) is 0 Å². The molecule has 0 aliphatic carbocycles. The van der Waals surface area contributed by atoms with Crippen LogP contribution in [0.1, 0.15) is 52.9 Å². The van der Waals surface area contributed by atoms with Gasteiger partial charge in [0.1, 0.15) is 0 Å². The number of nitrogens with zero attached hydrogens (tertiary/aromatic N) is 1. The summed E-state index contributed by atoms with van der Waals surface area (Å²) >= 11 is 0. The Morgan fingerprint density at radius 2 is 2.21 bits per heavy atom. The van der Waals surface area contributed by atoms with Crippen LogP contribution in [0.4, 0.5) is 0 Å². The Hall–Kier alpha value is -1.60. The SMILES string of the molecule is CCO[C@@H]1OC(C(=O)NCCCN2CCCC2=O)=C[C@H](C(C)C)[C@H]1CCCO. The van der Waals surface area contributed by atoms with Gasteiger partial charge < -0.3 is 24.8 Å². The minimum Gasteiger partial charge on any atom is -0.459 e. The molecule has 1 fully saturated rings. The molecule has 0 aromatic carbocycles. The molecular weight excluding hydrogens is 360 g/mol. The Kier molecular flexibility index (Phi) is 9.25. The Morgan fingerprint density at radius 3 is 2.82 bits per heavy atom. The van der Waals surface area contributed by atoms with Gasteiger partial charge in [-0.25, -0.2) is 0 Å². The molecule has 2 aliphatic heterocycles. The van der Waals surface area contributed by atoms with E-state index in [9.17, 15) is 14.7 Å². The molecule has 0 aromatic heterocycles. The van der Waals surface area contributed by atoms with E-state index in [4.69, 9.17) is 9.47 Å². The number of aliphatic hydroxyl groups is 1. The van der Waals surface area contributed by atoms with Crippen molar-refractivity contribution in [2.45, 2.75) is 59.2 Å². The van der Waals surface area contributed by atoms with Gasteiger partial charge in [0.15, 0.2) is 5.76 Å². The fourth-order valence-electron chi connectivity index (χ4n) is 4.02. The first-order valence-electron chi connectivity index (χ1n) is 10.6. The van der Waals surface area contributed by atoms with Crippen molar-refractivity contribution < 1.29 is 24.2 Å². The molecule has 7 heteroatoms. The number of nitrogens with one attached hydrogen (secondary N) is 1. The molecule has 0 spiro atoms. The lowest BCUT2D eigenvalue weighted by atomic mass is 9.78. The predicted molar refractivity (Wildman–Crippen MR) is 106 cm³/mol. The van der Waals surface area contributed by atoms with E-state index in [0.717, 1.165) is 25.8 Å². The summed E-state index contributed by atoms with van der Waals surface area (Å²) in [5.41, 5.74) is 0. The molecule has 28 heavy (non-hydrogen) atoms. The Balaban J connectivity index is 1.93. The van der Waals surface area contributed by atoms with Crippen molar-refractivity contribution in [1.29, 1.82) is 0 Å². The third-order valence-electron chi connectivity index (χ3n) is 5.51. The van der Waals surface area contributed by atoms with Gasteiger partial charge in [-0.3, -0.25) is 9.59 Å². The van der Waals surface area contributed by atoms with Crippen LogP contribution >= 0.6 is 0 Å². The van der Waals surface area contributed by atoms with E-state index in [1.54, 1.807) is 0 Å². The van der Waals surface area contributed by atoms with Crippen LogP contribution in [0, 0.1) is 17.8 Å². The van der Waals surface area contributed by atoms with Crippen molar-refractivity contribution in [3.8, 4) is 0 Å². The molecule has 0 bridgehead atoms.